The van der Waals surface area contributed by atoms with Crippen LogP contribution in [-0.2, 0) is 6.54 Å². The molecule has 0 amide bonds. The third kappa shape index (κ3) is 2.58. The van der Waals surface area contributed by atoms with Crippen LogP contribution in [0.15, 0.2) is 45.8 Å². The monoisotopic (exact) mass is 260 g/mol. The number of furan rings is 1. The number of hydrazine groups is 1. The van der Waals surface area contributed by atoms with Crippen molar-refractivity contribution in [2.45, 2.75) is 6.54 Å². The number of hydrogen-bond donors (Lipinski definition) is 3. The maximum Gasteiger partial charge on any atom is 0.207 e. The topological polar surface area (TPSA) is 61.6 Å². The standard InChI is InChI=1S/C13H13FN4O/c14-11-4-2-1-3-10(11)12-6-5-9(19-12)7-15-13-16-8-17-18-13/h1-6,17H,7-8H2,(H2,15,16,18). The Hall–Kier alpha value is -2.34. The summed E-state index contributed by atoms with van der Waals surface area (Å²) in [6.45, 7) is 1.03. The van der Waals surface area contributed by atoms with E-state index in [4.69, 9.17) is 4.42 Å². The van der Waals surface area contributed by atoms with Crippen LogP contribution in [0.2, 0.25) is 0 Å². The van der Waals surface area contributed by atoms with Crippen LogP contribution >= 0.6 is 0 Å². The van der Waals surface area contributed by atoms with Gasteiger partial charge in [-0.1, -0.05) is 12.1 Å². The molecule has 98 valence electrons. The van der Waals surface area contributed by atoms with Gasteiger partial charge in [0.1, 0.15) is 24.0 Å². The summed E-state index contributed by atoms with van der Waals surface area (Å²) in [7, 11) is 0. The predicted octanol–water partition coefficient (Wildman–Crippen LogP) is 1.60. The lowest BCUT2D eigenvalue weighted by molar-refractivity contribution is 0.509. The number of halogens is 1. The first-order valence-electron chi connectivity index (χ1n) is 5.94. The molecule has 1 aromatic heterocycles. The molecule has 0 atom stereocenters. The molecule has 3 N–H and O–H groups in total. The number of benzene rings is 1. The molecule has 5 nitrogen and oxygen atoms in total. The Balaban J connectivity index is 1.71. The van der Waals surface area contributed by atoms with Crippen LogP contribution in [0.1, 0.15) is 5.76 Å². The smallest absolute Gasteiger partial charge is 0.207 e. The fourth-order valence-corrected chi connectivity index (χ4v) is 1.83. The van der Waals surface area contributed by atoms with Crippen LogP contribution in [0, 0.1) is 5.82 Å². The molecule has 0 saturated heterocycles. The van der Waals surface area contributed by atoms with Crippen molar-refractivity contribution in [2.75, 3.05) is 6.67 Å². The van der Waals surface area contributed by atoms with Crippen molar-refractivity contribution in [1.82, 2.24) is 16.2 Å². The van der Waals surface area contributed by atoms with E-state index in [1.54, 1.807) is 24.3 Å². The Morgan fingerprint density at radius 1 is 1.26 bits per heavy atom. The highest BCUT2D eigenvalue weighted by Crippen LogP contribution is 2.24. The molecule has 0 saturated carbocycles. The third-order valence-corrected chi connectivity index (χ3v) is 2.75. The van der Waals surface area contributed by atoms with Gasteiger partial charge in [0.25, 0.3) is 0 Å². The number of guanidine groups is 1. The zero-order chi connectivity index (χ0) is 13.1. The van der Waals surface area contributed by atoms with Gasteiger partial charge in [0.15, 0.2) is 0 Å². The van der Waals surface area contributed by atoms with Crippen LogP contribution < -0.4 is 16.2 Å². The van der Waals surface area contributed by atoms with E-state index in [9.17, 15) is 4.39 Å². The van der Waals surface area contributed by atoms with Gasteiger partial charge in [0.05, 0.1) is 12.1 Å². The number of nitrogens with zero attached hydrogens (tertiary/aromatic N) is 1. The zero-order valence-electron chi connectivity index (χ0n) is 10.1. The lowest BCUT2D eigenvalue weighted by Gasteiger charge is -2.03. The SMILES string of the molecule is Fc1ccccc1-c1ccc(CNC2=NCNN2)o1. The molecular weight excluding hydrogens is 247 g/mol. The second-order valence-corrected chi connectivity index (χ2v) is 4.07. The fraction of sp³-hybridized carbons (Fsp3) is 0.154. The molecule has 0 radical (unpaired) electrons. The summed E-state index contributed by atoms with van der Waals surface area (Å²) >= 11 is 0. The number of aliphatic imine (C=N–C) groups is 1. The summed E-state index contributed by atoms with van der Waals surface area (Å²) in [5.74, 6) is 1.62. The highest BCUT2D eigenvalue weighted by atomic mass is 19.1. The molecule has 1 aromatic carbocycles. The molecule has 0 bridgehead atoms. The minimum atomic E-state index is -0.289. The average molecular weight is 260 g/mol. The molecule has 0 fully saturated rings. The average Bonchev–Trinajstić information content (AvgIpc) is 3.08. The summed E-state index contributed by atoms with van der Waals surface area (Å²) in [5.41, 5.74) is 6.18. The second kappa shape index (κ2) is 5.11. The molecule has 1 aliphatic heterocycles. The largest absolute Gasteiger partial charge is 0.459 e. The van der Waals surface area contributed by atoms with Gasteiger partial charge in [-0.15, -0.1) is 0 Å². The van der Waals surface area contributed by atoms with Gasteiger partial charge in [-0.25, -0.2) is 14.8 Å². The van der Waals surface area contributed by atoms with E-state index in [2.05, 4.69) is 21.2 Å². The van der Waals surface area contributed by atoms with Gasteiger partial charge in [0.2, 0.25) is 5.96 Å². The zero-order valence-corrected chi connectivity index (χ0v) is 10.1. The predicted molar refractivity (Wildman–Crippen MR) is 69.5 cm³/mol. The highest BCUT2D eigenvalue weighted by molar-refractivity contribution is 5.80. The quantitative estimate of drug-likeness (QED) is 0.784. The van der Waals surface area contributed by atoms with Crippen molar-refractivity contribution < 1.29 is 8.81 Å². The maximum absolute atomic E-state index is 13.6. The van der Waals surface area contributed by atoms with Crippen molar-refractivity contribution in [3.8, 4) is 11.3 Å². The molecule has 2 heterocycles. The van der Waals surface area contributed by atoms with E-state index in [-0.39, 0.29) is 5.82 Å². The molecule has 1 aliphatic rings. The molecule has 0 aliphatic carbocycles. The lowest BCUT2D eigenvalue weighted by Crippen LogP contribution is -2.38. The summed E-state index contributed by atoms with van der Waals surface area (Å²) in [6, 6.07) is 10.1. The van der Waals surface area contributed by atoms with Gasteiger partial charge < -0.3 is 9.73 Å². The van der Waals surface area contributed by atoms with Crippen LogP contribution in [0.3, 0.4) is 0 Å². The molecule has 0 spiro atoms. The van der Waals surface area contributed by atoms with Crippen LogP contribution in [0.4, 0.5) is 4.39 Å². The van der Waals surface area contributed by atoms with Gasteiger partial charge >= 0.3 is 0 Å². The molecule has 19 heavy (non-hydrogen) atoms. The van der Waals surface area contributed by atoms with Gasteiger partial charge in [0, 0.05) is 0 Å². The van der Waals surface area contributed by atoms with Crippen LogP contribution in [0.25, 0.3) is 11.3 Å². The van der Waals surface area contributed by atoms with E-state index in [1.807, 2.05) is 6.07 Å². The fourth-order valence-electron chi connectivity index (χ4n) is 1.83. The van der Waals surface area contributed by atoms with Gasteiger partial charge in [-0.3, -0.25) is 5.43 Å². The number of rotatable bonds is 3. The van der Waals surface area contributed by atoms with E-state index in [0.29, 0.717) is 30.5 Å². The van der Waals surface area contributed by atoms with Gasteiger partial charge in [-0.05, 0) is 24.3 Å². The van der Waals surface area contributed by atoms with Crippen LogP contribution in [-0.4, -0.2) is 12.6 Å². The van der Waals surface area contributed by atoms with E-state index in [1.165, 1.54) is 6.07 Å². The Bertz CT molecular complexity index is 608. The van der Waals surface area contributed by atoms with Crippen molar-refractivity contribution in [3.05, 3.63) is 48.0 Å². The van der Waals surface area contributed by atoms with Gasteiger partial charge in [-0.2, -0.15) is 0 Å². The Morgan fingerprint density at radius 3 is 2.95 bits per heavy atom. The summed E-state index contributed by atoms with van der Waals surface area (Å²) in [4.78, 5) is 4.11. The van der Waals surface area contributed by atoms with Crippen molar-refractivity contribution in [1.29, 1.82) is 0 Å². The minimum absolute atomic E-state index is 0.289. The Morgan fingerprint density at radius 2 is 2.16 bits per heavy atom. The maximum atomic E-state index is 13.6. The van der Waals surface area contributed by atoms with E-state index >= 15 is 0 Å². The second-order valence-electron chi connectivity index (χ2n) is 4.07. The highest BCUT2D eigenvalue weighted by Gasteiger charge is 2.10. The molecule has 6 heteroatoms. The summed E-state index contributed by atoms with van der Waals surface area (Å²) in [6.07, 6.45) is 0. The first-order valence-corrected chi connectivity index (χ1v) is 5.94. The number of nitrogens with one attached hydrogen (secondary N) is 3. The first kappa shape index (κ1) is 11.7. The Labute approximate surface area is 109 Å². The minimum Gasteiger partial charge on any atom is -0.459 e. The van der Waals surface area contributed by atoms with E-state index < -0.39 is 0 Å². The molecular formula is C13H13FN4O. The summed E-state index contributed by atoms with van der Waals surface area (Å²) in [5, 5.41) is 3.07. The van der Waals surface area contributed by atoms with Crippen molar-refractivity contribution >= 4 is 5.96 Å². The van der Waals surface area contributed by atoms with Crippen molar-refractivity contribution in [2.24, 2.45) is 4.99 Å². The Kier molecular flexibility index (Phi) is 3.16. The van der Waals surface area contributed by atoms with E-state index in [0.717, 1.165) is 5.76 Å². The van der Waals surface area contributed by atoms with Crippen LogP contribution in [0.5, 0.6) is 0 Å². The normalized spacial score (nSPS) is 14.1. The summed E-state index contributed by atoms with van der Waals surface area (Å²) < 4.78 is 19.2. The first-order chi connectivity index (χ1) is 9.33. The third-order valence-electron chi connectivity index (χ3n) is 2.75. The molecule has 3 rings (SSSR count). The number of hydrogen-bond acceptors (Lipinski definition) is 5. The molecule has 2 aromatic rings. The van der Waals surface area contributed by atoms with Crippen molar-refractivity contribution in [3.63, 3.8) is 0 Å². The lowest BCUT2D eigenvalue weighted by atomic mass is 10.1. The molecule has 0 unspecified atom stereocenters.